The minimum Gasteiger partial charge on any atom is -0.339 e. The Morgan fingerprint density at radius 1 is 1.42 bits per heavy atom. The van der Waals surface area contributed by atoms with Gasteiger partial charge in [0.2, 0.25) is 15.9 Å². The van der Waals surface area contributed by atoms with Crippen LogP contribution >= 0.6 is 0 Å². The van der Waals surface area contributed by atoms with E-state index < -0.39 is 10.0 Å². The zero-order chi connectivity index (χ0) is 17.2. The van der Waals surface area contributed by atoms with E-state index in [1.807, 2.05) is 13.0 Å². The first-order valence-electron chi connectivity index (χ1n) is 7.88. The fourth-order valence-electron chi connectivity index (χ4n) is 2.87. The molecule has 3 rings (SSSR count). The summed E-state index contributed by atoms with van der Waals surface area (Å²) in [5.41, 5.74) is 0.160. The van der Waals surface area contributed by atoms with Gasteiger partial charge in [-0.15, -0.1) is 0 Å². The van der Waals surface area contributed by atoms with E-state index in [2.05, 4.69) is 10.1 Å². The zero-order valence-electron chi connectivity index (χ0n) is 13.3. The van der Waals surface area contributed by atoms with Gasteiger partial charge in [-0.2, -0.15) is 14.6 Å². The maximum absolute atomic E-state index is 12.9. The first-order chi connectivity index (χ1) is 11.6. The largest absolute Gasteiger partial charge is 0.339 e. The summed E-state index contributed by atoms with van der Waals surface area (Å²) in [5.74, 6) is 1.02. The van der Waals surface area contributed by atoms with Crippen molar-refractivity contribution in [3.8, 4) is 6.07 Å². The van der Waals surface area contributed by atoms with Gasteiger partial charge in [-0.25, -0.2) is 8.42 Å². The summed E-state index contributed by atoms with van der Waals surface area (Å²) < 4.78 is 32.4. The highest BCUT2D eigenvalue weighted by Crippen LogP contribution is 2.29. The van der Waals surface area contributed by atoms with E-state index >= 15 is 0 Å². The zero-order valence-corrected chi connectivity index (χ0v) is 14.2. The van der Waals surface area contributed by atoms with E-state index in [4.69, 9.17) is 4.52 Å². The molecule has 0 bridgehead atoms. The molecule has 2 aromatic rings. The van der Waals surface area contributed by atoms with Crippen LogP contribution < -0.4 is 0 Å². The van der Waals surface area contributed by atoms with Crippen LogP contribution in [0.15, 0.2) is 33.7 Å². The summed E-state index contributed by atoms with van der Waals surface area (Å²) >= 11 is 0. The molecule has 24 heavy (non-hydrogen) atoms. The minimum absolute atomic E-state index is 0.0514. The lowest BCUT2D eigenvalue weighted by Gasteiger charge is -2.30. The lowest BCUT2D eigenvalue weighted by molar-refractivity contribution is 0.300. The van der Waals surface area contributed by atoms with Gasteiger partial charge in [-0.05, 0) is 25.0 Å². The molecule has 1 aliphatic heterocycles. The summed E-state index contributed by atoms with van der Waals surface area (Å²) in [4.78, 5) is 4.38. The molecule has 1 aromatic heterocycles. The minimum atomic E-state index is -3.72. The highest BCUT2D eigenvalue weighted by atomic mass is 32.2. The molecule has 2 heterocycles. The molecule has 0 amide bonds. The maximum Gasteiger partial charge on any atom is 0.244 e. The Morgan fingerprint density at radius 3 is 2.92 bits per heavy atom. The second kappa shape index (κ2) is 6.71. The van der Waals surface area contributed by atoms with Crippen molar-refractivity contribution in [2.75, 3.05) is 13.1 Å². The predicted molar refractivity (Wildman–Crippen MR) is 85.6 cm³/mol. The molecule has 1 aromatic carbocycles. The van der Waals surface area contributed by atoms with Gasteiger partial charge in [-0.3, -0.25) is 0 Å². The van der Waals surface area contributed by atoms with Crippen LogP contribution in [-0.2, 0) is 16.4 Å². The second-order valence-electron chi connectivity index (χ2n) is 5.71. The number of hydrogen-bond donors (Lipinski definition) is 0. The molecule has 0 saturated carbocycles. The van der Waals surface area contributed by atoms with E-state index in [-0.39, 0.29) is 16.4 Å². The average molecular weight is 346 g/mol. The first-order valence-corrected chi connectivity index (χ1v) is 9.32. The molecule has 0 aliphatic carbocycles. The summed E-state index contributed by atoms with van der Waals surface area (Å²) in [6.45, 7) is 2.65. The van der Waals surface area contributed by atoms with Crippen LogP contribution in [-0.4, -0.2) is 36.0 Å². The number of sulfonamides is 1. The molecule has 0 N–H and O–H groups in total. The maximum atomic E-state index is 12.9. The van der Waals surface area contributed by atoms with E-state index in [0.29, 0.717) is 37.6 Å². The number of nitrogens with zero attached hydrogens (tertiary/aromatic N) is 4. The SMILES string of the molecule is CCc1nc([C@H]2CCCN(S(=O)(=O)c3ccccc3C#N)C2)no1. The first kappa shape index (κ1) is 16.6. The van der Waals surface area contributed by atoms with Gasteiger partial charge >= 0.3 is 0 Å². The fraction of sp³-hybridized carbons (Fsp3) is 0.438. The summed E-state index contributed by atoms with van der Waals surface area (Å²) in [5, 5.41) is 13.1. The summed E-state index contributed by atoms with van der Waals surface area (Å²) in [6.07, 6.45) is 2.18. The van der Waals surface area contributed by atoms with Crippen LogP contribution in [0.3, 0.4) is 0 Å². The van der Waals surface area contributed by atoms with Crippen molar-refractivity contribution in [3.05, 3.63) is 41.5 Å². The number of hydrogen-bond acceptors (Lipinski definition) is 6. The third-order valence-electron chi connectivity index (χ3n) is 4.16. The van der Waals surface area contributed by atoms with Crippen LogP contribution in [0.5, 0.6) is 0 Å². The van der Waals surface area contributed by atoms with Crippen molar-refractivity contribution in [2.45, 2.75) is 37.0 Å². The van der Waals surface area contributed by atoms with Crippen LogP contribution in [0.2, 0.25) is 0 Å². The van der Waals surface area contributed by atoms with Gasteiger partial charge in [-0.1, -0.05) is 24.2 Å². The summed E-state index contributed by atoms with van der Waals surface area (Å²) in [6, 6.07) is 8.22. The number of aryl methyl sites for hydroxylation is 1. The Balaban J connectivity index is 1.87. The molecular formula is C16H18N4O3S. The molecule has 8 heteroatoms. The van der Waals surface area contributed by atoms with Gasteiger partial charge in [0, 0.05) is 25.4 Å². The number of rotatable bonds is 4. The van der Waals surface area contributed by atoms with Gasteiger partial charge in [0.25, 0.3) is 0 Å². The number of piperidine rings is 1. The lowest BCUT2D eigenvalue weighted by Crippen LogP contribution is -2.39. The van der Waals surface area contributed by atoms with E-state index in [1.165, 1.54) is 16.4 Å². The Bertz CT molecular complexity index is 869. The monoisotopic (exact) mass is 346 g/mol. The Hall–Kier alpha value is -2.24. The highest BCUT2D eigenvalue weighted by molar-refractivity contribution is 7.89. The van der Waals surface area contributed by atoms with Crippen molar-refractivity contribution >= 4 is 10.0 Å². The molecular weight excluding hydrogens is 328 g/mol. The lowest BCUT2D eigenvalue weighted by atomic mass is 9.99. The van der Waals surface area contributed by atoms with Gasteiger partial charge in [0.05, 0.1) is 10.5 Å². The molecule has 7 nitrogen and oxygen atoms in total. The van der Waals surface area contributed by atoms with Crippen molar-refractivity contribution in [1.82, 2.24) is 14.4 Å². The standard InChI is InChI=1S/C16H18N4O3S/c1-2-15-18-16(19-23-15)13-7-5-9-20(11-13)24(21,22)14-8-4-3-6-12(14)10-17/h3-4,6,8,13H,2,5,7,9,11H2,1H3/t13-/m0/s1. The molecule has 126 valence electrons. The third kappa shape index (κ3) is 3.05. The fourth-order valence-corrected chi connectivity index (χ4v) is 4.54. The number of benzene rings is 1. The van der Waals surface area contributed by atoms with Crippen molar-refractivity contribution in [1.29, 1.82) is 5.26 Å². The van der Waals surface area contributed by atoms with Crippen molar-refractivity contribution in [2.24, 2.45) is 0 Å². The van der Waals surface area contributed by atoms with Crippen molar-refractivity contribution < 1.29 is 12.9 Å². The highest BCUT2D eigenvalue weighted by Gasteiger charge is 2.34. The average Bonchev–Trinajstić information content (AvgIpc) is 3.11. The number of nitriles is 1. The van der Waals surface area contributed by atoms with Crippen molar-refractivity contribution in [3.63, 3.8) is 0 Å². The normalized spacial score (nSPS) is 19.1. The van der Waals surface area contributed by atoms with E-state index in [9.17, 15) is 13.7 Å². The molecule has 0 radical (unpaired) electrons. The third-order valence-corrected chi connectivity index (χ3v) is 6.08. The van der Waals surface area contributed by atoms with E-state index in [1.54, 1.807) is 12.1 Å². The number of aromatic nitrogens is 2. The quantitative estimate of drug-likeness (QED) is 0.840. The molecule has 0 spiro atoms. The van der Waals surface area contributed by atoms with Gasteiger partial charge < -0.3 is 4.52 Å². The summed E-state index contributed by atoms with van der Waals surface area (Å²) in [7, 11) is -3.72. The molecule has 1 saturated heterocycles. The van der Waals surface area contributed by atoms with Crippen LogP contribution in [0.1, 0.15) is 43.0 Å². The molecule has 1 fully saturated rings. The van der Waals surface area contributed by atoms with Crippen LogP contribution in [0.25, 0.3) is 0 Å². The van der Waals surface area contributed by atoms with E-state index in [0.717, 1.165) is 6.42 Å². The molecule has 1 atom stereocenters. The molecule has 1 aliphatic rings. The molecule has 0 unspecified atom stereocenters. The topological polar surface area (TPSA) is 100 Å². The van der Waals surface area contributed by atoms with Gasteiger partial charge in [0.15, 0.2) is 5.82 Å². The Kier molecular flexibility index (Phi) is 4.64. The predicted octanol–water partition coefficient (Wildman–Crippen LogP) is 2.07. The second-order valence-corrected chi connectivity index (χ2v) is 7.62. The van der Waals surface area contributed by atoms with Crippen LogP contribution in [0.4, 0.5) is 0 Å². The van der Waals surface area contributed by atoms with Gasteiger partial charge in [0.1, 0.15) is 6.07 Å². The Labute approximate surface area is 141 Å². The smallest absolute Gasteiger partial charge is 0.244 e. The van der Waals surface area contributed by atoms with Crippen LogP contribution in [0, 0.1) is 11.3 Å². The Morgan fingerprint density at radius 2 is 2.21 bits per heavy atom.